The fraction of sp³-hybridized carbons (Fsp3) is 0.138. The van der Waals surface area contributed by atoms with Crippen LogP contribution >= 0.6 is 0 Å². The van der Waals surface area contributed by atoms with Crippen molar-refractivity contribution in [3.8, 4) is 34.1 Å². The Morgan fingerprint density at radius 3 is 1.68 bits per heavy atom. The molecular weight excluding hydrogens is 428 g/mol. The van der Waals surface area contributed by atoms with E-state index in [0.717, 1.165) is 33.4 Å². The van der Waals surface area contributed by atoms with Crippen LogP contribution in [0.5, 0.6) is 23.0 Å². The molecule has 0 heterocycles. The number of carbonyl (C=O) groups is 1. The quantitative estimate of drug-likeness (QED) is 0.281. The van der Waals surface area contributed by atoms with Gasteiger partial charge in [0.2, 0.25) is 0 Å². The van der Waals surface area contributed by atoms with Crippen LogP contribution in [0.1, 0.15) is 51.0 Å². The van der Waals surface area contributed by atoms with E-state index in [1.54, 1.807) is 12.1 Å². The first-order valence-electron chi connectivity index (χ1n) is 11.2. The van der Waals surface area contributed by atoms with Gasteiger partial charge in [-0.2, -0.15) is 0 Å². The molecule has 3 aliphatic carbocycles. The summed E-state index contributed by atoms with van der Waals surface area (Å²) in [6, 6.07) is 22.4. The molecule has 0 amide bonds. The zero-order valence-electron chi connectivity index (χ0n) is 18.0. The van der Waals surface area contributed by atoms with Crippen molar-refractivity contribution in [2.75, 3.05) is 0 Å². The molecular formula is C29H20O5. The van der Waals surface area contributed by atoms with E-state index in [-0.39, 0.29) is 35.2 Å². The number of phenolic OH excluding ortho intramolecular Hbond substituents is 4. The fourth-order valence-electron chi connectivity index (χ4n) is 6.84. The number of benzene rings is 4. The SMILES string of the molecule is O=C1CC2(CC3(c4ccccc4-c4ccccc43)c3cc(O)c(O)cc32)c2cc(O)c(O)cc21. The monoisotopic (exact) mass is 448 g/mol. The van der Waals surface area contributed by atoms with E-state index in [9.17, 15) is 25.2 Å². The molecule has 3 aliphatic rings. The number of rotatable bonds is 0. The van der Waals surface area contributed by atoms with Crippen molar-refractivity contribution in [1.82, 2.24) is 0 Å². The molecule has 5 nitrogen and oxygen atoms in total. The van der Waals surface area contributed by atoms with Gasteiger partial charge in [-0.25, -0.2) is 0 Å². The second kappa shape index (κ2) is 6.00. The first-order valence-corrected chi connectivity index (χ1v) is 11.2. The Bertz CT molecular complexity index is 1540. The lowest BCUT2D eigenvalue weighted by molar-refractivity contribution is 0.0978. The Morgan fingerprint density at radius 2 is 1.06 bits per heavy atom. The van der Waals surface area contributed by atoms with Gasteiger partial charge in [-0.15, -0.1) is 0 Å². The fourth-order valence-corrected chi connectivity index (χ4v) is 6.84. The average Bonchev–Trinajstić information content (AvgIpc) is 3.38. The van der Waals surface area contributed by atoms with Crippen LogP contribution in [-0.2, 0) is 10.8 Å². The summed E-state index contributed by atoms with van der Waals surface area (Å²) in [6.07, 6.45) is 0.643. The third-order valence-corrected chi connectivity index (χ3v) is 8.11. The number of hydrogen-bond donors (Lipinski definition) is 4. The van der Waals surface area contributed by atoms with Crippen LogP contribution in [0.15, 0.2) is 72.8 Å². The molecule has 0 aromatic heterocycles. The highest BCUT2D eigenvalue weighted by Gasteiger charge is 2.61. The summed E-state index contributed by atoms with van der Waals surface area (Å²) in [5, 5.41) is 41.6. The Hall–Kier alpha value is -4.25. The number of ketones is 1. The molecule has 0 saturated heterocycles. The molecule has 1 atom stereocenters. The minimum atomic E-state index is -0.831. The maximum absolute atomic E-state index is 13.2. The zero-order chi connectivity index (χ0) is 23.4. The van der Waals surface area contributed by atoms with E-state index >= 15 is 0 Å². The van der Waals surface area contributed by atoms with Gasteiger partial charge < -0.3 is 20.4 Å². The van der Waals surface area contributed by atoms with Gasteiger partial charge in [0.15, 0.2) is 28.8 Å². The van der Waals surface area contributed by atoms with E-state index < -0.39 is 10.8 Å². The maximum atomic E-state index is 13.2. The van der Waals surface area contributed by atoms with Crippen LogP contribution < -0.4 is 0 Å². The van der Waals surface area contributed by atoms with Crippen LogP contribution in [0, 0.1) is 0 Å². The second-order valence-corrected chi connectivity index (χ2v) is 9.63. The molecule has 0 bridgehead atoms. The Balaban J connectivity index is 1.63. The van der Waals surface area contributed by atoms with Gasteiger partial charge in [0, 0.05) is 22.8 Å². The van der Waals surface area contributed by atoms with E-state index in [0.29, 0.717) is 17.5 Å². The predicted octanol–water partition coefficient (Wildman–Crippen LogP) is 5.10. The summed E-state index contributed by atoms with van der Waals surface area (Å²) in [5.74, 6) is -1.21. The minimum Gasteiger partial charge on any atom is -0.504 e. The highest BCUT2D eigenvalue weighted by molar-refractivity contribution is 6.04. The van der Waals surface area contributed by atoms with E-state index in [2.05, 4.69) is 24.3 Å². The maximum Gasteiger partial charge on any atom is 0.164 e. The predicted molar refractivity (Wildman–Crippen MR) is 126 cm³/mol. The van der Waals surface area contributed by atoms with E-state index in [1.807, 2.05) is 24.3 Å². The Kier molecular flexibility index (Phi) is 3.39. The van der Waals surface area contributed by atoms with Crippen molar-refractivity contribution in [2.24, 2.45) is 0 Å². The molecule has 0 aliphatic heterocycles. The van der Waals surface area contributed by atoms with Crippen LogP contribution in [0.3, 0.4) is 0 Å². The number of Topliss-reactive ketones (excluding diaryl/α,β-unsaturated/α-hetero) is 1. The highest BCUT2D eigenvalue weighted by atomic mass is 16.3. The summed E-state index contributed by atoms with van der Waals surface area (Å²) in [7, 11) is 0. The van der Waals surface area contributed by atoms with Crippen molar-refractivity contribution in [3.05, 3.63) is 106 Å². The van der Waals surface area contributed by atoms with Crippen molar-refractivity contribution in [2.45, 2.75) is 23.7 Å². The minimum absolute atomic E-state index is 0.125. The van der Waals surface area contributed by atoms with Crippen LogP contribution in [0.25, 0.3) is 11.1 Å². The lowest BCUT2D eigenvalue weighted by Crippen LogP contribution is -2.29. The normalized spacial score (nSPS) is 20.4. The molecule has 1 unspecified atom stereocenters. The van der Waals surface area contributed by atoms with Crippen molar-refractivity contribution in [1.29, 1.82) is 0 Å². The Morgan fingerprint density at radius 1 is 0.559 bits per heavy atom. The molecule has 4 N–H and O–H groups in total. The summed E-state index contributed by atoms with van der Waals surface area (Å²) >= 11 is 0. The van der Waals surface area contributed by atoms with Crippen LogP contribution in [0.4, 0.5) is 0 Å². The van der Waals surface area contributed by atoms with Gasteiger partial charge in [-0.3, -0.25) is 4.79 Å². The molecule has 5 heteroatoms. The van der Waals surface area contributed by atoms with Crippen molar-refractivity contribution in [3.63, 3.8) is 0 Å². The molecule has 0 radical (unpaired) electrons. The van der Waals surface area contributed by atoms with Crippen LogP contribution in [-0.4, -0.2) is 26.2 Å². The van der Waals surface area contributed by atoms with Crippen molar-refractivity contribution < 1.29 is 25.2 Å². The standard InChI is InChI=1S/C29H20O5/c30-23-9-17-20(10-24(23)31)28(13-27(17)34)14-29(22-12-26(33)25(32)11-21(22)28)18-7-3-1-5-15(18)16-6-2-4-8-19(16)29/h1-12,30-33H,13-14H2. The lowest BCUT2D eigenvalue weighted by Gasteiger charge is -2.32. The first-order chi connectivity index (χ1) is 16.4. The molecule has 34 heavy (non-hydrogen) atoms. The second-order valence-electron chi connectivity index (χ2n) is 9.63. The molecule has 7 rings (SSSR count). The summed E-state index contributed by atoms with van der Waals surface area (Å²) in [6.45, 7) is 0. The smallest absolute Gasteiger partial charge is 0.164 e. The largest absolute Gasteiger partial charge is 0.504 e. The summed E-state index contributed by atoms with van der Waals surface area (Å²) in [5.41, 5.74) is 5.51. The van der Waals surface area contributed by atoms with E-state index in [4.69, 9.17) is 0 Å². The molecule has 4 aromatic carbocycles. The number of carbonyl (C=O) groups excluding carboxylic acids is 1. The van der Waals surface area contributed by atoms with Gasteiger partial charge in [-0.1, -0.05) is 48.5 Å². The topological polar surface area (TPSA) is 98.0 Å². The third kappa shape index (κ3) is 2.04. The summed E-state index contributed by atoms with van der Waals surface area (Å²) in [4.78, 5) is 13.2. The third-order valence-electron chi connectivity index (χ3n) is 8.11. The Labute approximate surface area is 195 Å². The molecule has 0 fully saturated rings. The van der Waals surface area contributed by atoms with E-state index in [1.165, 1.54) is 12.1 Å². The molecule has 0 saturated carbocycles. The first kappa shape index (κ1) is 19.2. The molecule has 2 spiro atoms. The van der Waals surface area contributed by atoms with Crippen molar-refractivity contribution >= 4 is 5.78 Å². The van der Waals surface area contributed by atoms with Crippen LogP contribution in [0.2, 0.25) is 0 Å². The van der Waals surface area contributed by atoms with Gasteiger partial charge in [0.05, 0.1) is 0 Å². The summed E-state index contributed by atoms with van der Waals surface area (Å²) < 4.78 is 0. The number of hydrogen-bond acceptors (Lipinski definition) is 5. The average molecular weight is 448 g/mol. The number of phenols is 4. The van der Waals surface area contributed by atoms with Gasteiger partial charge in [0.25, 0.3) is 0 Å². The van der Waals surface area contributed by atoms with Gasteiger partial charge >= 0.3 is 0 Å². The number of fused-ring (bicyclic) bond motifs is 10. The number of aromatic hydroxyl groups is 4. The molecule has 166 valence electrons. The zero-order valence-corrected chi connectivity index (χ0v) is 18.0. The van der Waals surface area contributed by atoms with Gasteiger partial charge in [0.1, 0.15) is 0 Å². The highest BCUT2D eigenvalue weighted by Crippen LogP contribution is 2.67. The molecule has 4 aromatic rings. The lowest BCUT2D eigenvalue weighted by atomic mass is 9.69. The van der Waals surface area contributed by atoms with Gasteiger partial charge in [-0.05, 0) is 69.6 Å².